The first-order valence-electron chi connectivity index (χ1n) is 6.52. The summed E-state index contributed by atoms with van der Waals surface area (Å²) in [7, 11) is 0. The molecule has 0 saturated carbocycles. The summed E-state index contributed by atoms with van der Waals surface area (Å²) in [6.45, 7) is 1.67. The van der Waals surface area contributed by atoms with E-state index in [4.69, 9.17) is 4.74 Å². The van der Waals surface area contributed by atoms with Crippen LogP contribution >= 0.6 is 15.9 Å². The van der Waals surface area contributed by atoms with E-state index in [1.165, 1.54) is 24.4 Å². The Morgan fingerprint density at radius 1 is 1.30 bits per heavy atom. The first-order chi connectivity index (χ1) is 10.8. The number of hydrogen-bond donors (Lipinski definition) is 1. The molecule has 1 aromatic carbocycles. The molecule has 0 aliphatic heterocycles. The lowest BCUT2D eigenvalue weighted by Crippen LogP contribution is -2.19. The van der Waals surface area contributed by atoms with Gasteiger partial charge in [0.15, 0.2) is 0 Å². The van der Waals surface area contributed by atoms with E-state index in [1.54, 1.807) is 13.0 Å². The largest absolute Gasteiger partial charge is 0.439 e. The van der Waals surface area contributed by atoms with Crippen molar-refractivity contribution >= 4 is 27.5 Å². The van der Waals surface area contributed by atoms with Gasteiger partial charge in [0, 0.05) is 6.07 Å². The maximum absolute atomic E-state index is 12.6. The monoisotopic (exact) mass is 388 g/mol. The van der Waals surface area contributed by atoms with Crippen molar-refractivity contribution in [3.63, 3.8) is 0 Å². The fraction of sp³-hybridized carbons (Fsp3) is 0.200. The molecule has 4 nitrogen and oxygen atoms in total. The van der Waals surface area contributed by atoms with Gasteiger partial charge in [0.25, 0.3) is 0 Å². The molecule has 1 amide bonds. The van der Waals surface area contributed by atoms with Gasteiger partial charge in [-0.15, -0.1) is 0 Å². The van der Waals surface area contributed by atoms with E-state index in [0.29, 0.717) is 5.69 Å². The fourth-order valence-electron chi connectivity index (χ4n) is 1.61. The molecular weight excluding hydrogens is 377 g/mol. The van der Waals surface area contributed by atoms with Gasteiger partial charge in [-0.05, 0) is 31.2 Å². The van der Waals surface area contributed by atoms with Gasteiger partial charge in [-0.25, -0.2) is 4.98 Å². The van der Waals surface area contributed by atoms with Crippen LogP contribution in [0.15, 0.2) is 42.6 Å². The van der Waals surface area contributed by atoms with Crippen LogP contribution in [0.2, 0.25) is 0 Å². The molecule has 8 heteroatoms. The molecular formula is C15H12BrF3N2O2. The molecule has 0 bridgehead atoms. The fourth-order valence-corrected chi connectivity index (χ4v) is 1.73. The quantitative estimate of drug-likeness (QED) is 0.777. The zero-order valence-corrected chi connectivity index (χ0v) is 13.5. The minimum Gasteiger partial charge on any atom is -0.439 e. The lowest BCUT2D eigenvalue weighted by atomic mass is 10.2. The Morgan fingerprint density at radius 3 is 2.61 bits per heavy atom. The van der Waals surface area contributed by atoms with E-state index in [1.807, 2.05) is 0 Å². The number of pyridine rings is 1. The summed E-state index contributed by atoms with van der Waals surface area (Å²) in [5, 5.41) is 2.61. The third kappa shape index (κ3) is 4.95. The summed E-state index contributed by atoms with van der Waals surface area (Å²) >= 11 is 3.13. The molecule has 1 unspecified atom stereocenters. The molecule has 0 fully saturated rings. The topological polar surface area (TPSA) is 51.2 Å². The summed E-state index contributed by atoms with van der Waals surface area (Å²) < 4.78 is 43.2. The van der Waals surface area contributed by atoms with Gasteiger partial charge in [-0.2, -0.15) is 13.2 Å². The molecule has 0 saturated heterocycles. The van der Waals surface area contributed by atoms with Crippen molar-refractivity contribution in [2.75, 3.05) is 5.32 Å². The molecule has 23 heavy (non-hydrogen) atoms. The van der Waals surface area contributed by atoms with E-state index in [-0.39, 0.29) is 22.4 Å². The van der Waals surface area contributed by atoms with E-state index >= 15 is 0 Å². The number of anilines is 1. The van der Waals surface area contributed by atoms with Gasteiger partial charge < -0.3 is 10.1 Å². The van der Waals surface area contributed by atoms with Crippen molar-refractivity contribution in [1.82, 2.24) is 4.98 Å². The smallest absolute Gasteiger partial charge is 0.416 e. The highest BCUT2D eigenvalue weighted by atomic mass is 79.9. The molecule has 122 valence electrons. The lowest BCUT2D eigenvalue weighted by molar-refractivity contribution is -0.137. The van der Waals surface area contributed by atoms with Crippen LogP contribution in [0, 0.1) is 0 Å². The zero-order chi connectivity index (χ0) is 17.0. The molecule has 0 aliphatic carbocycles. The maximum atomic E-state index is 12.6. The van der Waals surface area contributed by atoms with Gasteiger partial charge in [-0.1, -0.05) is 22.0 Å². The number of amides is 1. The third-order valence-electron chi connectivity index (χ3n) is 2.75. The molecule has 1 atom stereocenters. The van der Waals surface area contributed by atoms with Crippen molar-refractivity contribution in [3.05, 3.63) is 48.2 Å². The molecule has 1 heterocycles. The van der Waals surface area contributed by atoms with Crippen LogP contribution in [0.5, 0.6) is 11.6 Å². The Kier molecular flexibility index (Phi) is 5.25. The molecule has 0 spiro atoms. The highest BCUT2D eigenvalue weighted by Gasteiger charge is 2.30. The summed E-state index contributed by atoms with van der Waals surface area (Å²) in [5.41, 5.74) is -0.345. The second-order valence-corrected chi connectivity index (χ2v) is 5.99. The Labute approximate surface area is 138 Å². The van der Waals surface area contributed by atoms with Crippen LogP contribution in [0.1, 0.15) is 12.5 Å². The number of halogens is 4. The molecule has 1 N–H and O–H groups in total. The molecule has 2 aromatic rings. The summed E-state index contributed by atoms with van der Waals surface area (Å²) in [5.74, 6) is -0.0919. The van der Waals surface area contributed by atoms with E-state index in [9.17, 15) is 18.0 Å². The van der Waals surface area contributed by atoms with Crippen LogP contribution < -0.4 is 10.1 Å². The van der Waals surface area contributed by atoms with Gasteiger partial charge in [0.05, 0.1) is 22.3 Å². The predicted octanol–water partition coefficient (Wildman–Crippen LogP) is 4.61. The van der Waals surface area contributed by atoms with Crippen molar-refractivity contribution in [3.8, 4) is 11.6 Å². The van der Waals surface area contributed by atoms with Crippen LogP contribution in [-0.4, -0.2) is 15.7 Å². The summed E-state index contributed by atoms with van der Waals surface area (Å²) in [6.07, 6.45) is -3.08. The Balaban J connectivity index is 2.08. The molecule has 2 rings (SSSR count). The standard InChI is InChI=1S/C15H12BrF3N2O2/c1-9(16)14(22)21-11-5-6-13(20-8-11)23-12-4-2-3-10(7-12)15(17,18)19/h2-9H,1H3,(H,21,22). The minimum absolute atomic E-state index is 0.0261. The normalized spacial score (nSPS) is 12.6. The number of alkyl halides is 4. The van der Waals surface area contributed by atoms with Crippen molar-refractivity contribution in [2.45, 2.75) is 17.9 Å². The van der Waals surface area contributed by atoms with Crippen LogP contribution in [0.3, 0.4) is 0 Å². The van der Waals surface area contributed by atoms with Crippen LogP contribution in [-0.2, 0) is 11.0 Å². The van der Waals surface area contributed by atoms with Gasteiger partial charge >= 0.3 is 6.18 Å². The number of carbonyl (C=O) groups excluding carboxylic acids is 1. The average molecular weight is 389 g/mol. The Bertz CT molecular complexity index is 688. The zero-order valence-electron chi connectivity index (χ0n) is 11.9. The van der Waals surface area contributed by atoms with Crippen molar-refractivity contribution < 1.29 is 22.7 Å². The second-order valence-electron chi connectivity index (χ2n) is 4.62. The van der Waals surface area contributed by atoms with Crippen molar-refractivity contribution in [2.24, 2.45) is 0 Å². The molecule has 0 aliphatic rings. The third-order valence-corrected chi connectivity index (χ3v) is 3.16. The first kappa shape index (κ1) is 17.3. The Morgan fingerprint density at radius 2 is 2.04 bits per heavy atom. The molecule has 0 radical (unpaired) electrons. The van der Waals surface area contributed by atoms with E-state index in [2.05, 4.69) is 26.2 Å². The SMILES string of the molecule is CC(Br)C(=O)Nc1ccc(Oc2cccc(C(F)(F)F)c2)nc1. The number of benzene rings is 1. The first-order valence-corrected chi connectivity index (χ1v) is 7.43. The predicted molar refractivity (Wildman–Crippen MR) is 82.8 cm³/mol. The van der Waals surface area contributed by atoms with Gasteiger partial charge in [-0.3, -0.25) is 4.79 Å². The molecule has 1 aromatic heterocycles. The van der Waals surface area contributed by atoms with E-state index < -0.39 is 11.7 Å². The average Bonchev–Trinajstić information content (AvgIpc) is 2.48. The maximum Gasteiger partial charge on any atom is 0.416 e. The number of aromatic nitrogens is 1. The lowest BCUT2D eigenvalue weighted by Gasteiger charge is -2.10. The number of nitrogens with zero attached hydrogens (tertiary/aromatic N) is 1. The van der Waals surface area contributed by atoms with Gasteiger partial charge in [0.1, 0.15) is 5.75 Å². The summed E-state index contributed by atoms with van der Waals surface area (Å²) in [6, 6.07) is 7.51. The van der Waals surface area contributed by atoms with Crippen molar-refractivity contribution in [1.29, 1.82) is 0 Å². The minimum atomic E-state index is -4.44. The number of rotatable bonds is 4. The number of ether oxygens (including phenoxy) is 1. The van der Waals surface area contributed by atoms with Crippen LogP contribution in [0.25, 0.3) is 0 Å². The Hall–Kier alpha value is -2.09. The number of carbonyl (C=O) groups is 1. The van der Waals surface area contributed by atoms with Gasteiger partial charge in [0.2, 0.25) is 11.8 Å². The number of nitrogens with one attached hydrogen (secondary N) is 1. The highest BCUT2D eigenvalue weighted by molar-refractivity contribution is 9.10. The number of hydrogen-bond acceptors (Lipinski definition) is 3. The summed E-state index contributed by atoms with van der Waals surface area (Å²) in [4.78, 5) is 15.1. The highest BCUT2D eigenvalue weighted by Crippen LogP contribution is 2.32. The van der Waals surface area contributed by atoms with E-state index in [0.717, 1.165) is 12.1 Å². The second kappa shape index (κ2) is 6.99. The van der Waals surface area contributed by atoms with Crippen LogP contribution in [0.4, 0.5) is 18.9 Å².